The van der Waals surface area contributed by atoms with Crippen LogP contribution in [0.1, 0.15) is 50.3 Å². The summed E-state index contributed by atoms with van der Waals surface area (Å²) >= 11 is 0. The molecule has 0 aliphatic carbocycles. The van der Waals surface area contributed by atoms with Gasteiger partial charge in [-0.15, -0.1) is 5.17 Å². The van der Waals surface area contributed by atoms with Crippen LogP contribution in [0.15, 0.2) is 31.0 Å². The van der Waals surface area contributed by atoms with E-state index in [-0.39, 0.29) is 6.17 Å². The van der Waals surface area contributed by atoms with Gasteiger partial charge in [0.15, 0.2) is 0 Å². The van der Waals surface area contributed by atoms with Gasteiger partial charge in [-0.05, 0) is 55.7 Å². The number of benzene rings is 1. The molecule has 1 aromatic carbocycles. The number of likely N-dealkylation sites (N-methyl/N-ethyl adjacent to an activating group) is 2. The molecule has 6 nitrogen and oxygen atoms in total. The summed E-state index contributed by atoms with van der Waals surface area (Å²) in [5.41, 5.74) is 4.10. The third kappa shape index (κ3) is 7.39. The molecule has 1 heterocycles. The largest absolute Gasteiger partial charge is 0.375 e. The molecule has 0 spiro atoms. The Morgan fingerprint density at radius 1 is 1.21 bits per heavy atom. The second-order valence-corrected chi connectivity index (χ2v) is 7.70. The Labute approximate surface area is 177 Å². The number of hydrogen-bond donors (Lipinski definition) is 2. The zero-order chi connectivity index (χ0) is 21.1. The van der Waals surface area contributed by atoms with Gasteiger partial charge < -0.3 is 5.32 Å². The van der Waals surface area contributed by atoms with Gasteiger partial charge in [-0.1, -0.05) is 45.5 Å². The van der Waals surface area contributed by atoms with E-state index in [9.17, 15) is 0 Å². The van der Waals surface area contributed by atoms with Crippen LogP contribution >= 0.6 is 0 Å². The Bertz CT molecular complexity index is 603. The molecular weight excluding hydrogens is 362 g/mol. The first-order valence-corrected chi connectivity index (χ1v) is 11.2. The second kappa shape index (κ2) is 13.0. The molecule has 0 bridgehead atoms. The minimum Gasteiger partial charge on any atom is -0.375 e. The summed E-state index contributed by atoms with van der Waals surface area (Å²) in [7, 11) is 1.98. The Morgan fingerprint density at radius 2 is 1.97 bits per heavy atom. The van der Waals surface area contributed by atoms with Gasteiger partial charge in [-0.3, -0.25) is 15.1 Å². The van der Waals surface area contributed by atoms with Gasteiger partial charge in [-0.2, -0.15) is 0 Å². The number of hydroxylamine groups is 1. The molecule has 0 saturated carbocycles. The number of fused-ring (bicyclic) bond motifs is 1. The van der Waals surface area contributed by atoms with Crippen molar-refractivity contribution in [2.45, 2.75) is 59.4 Å². The lowest BCUT2D eigenvalue weighted by atomic mass is 10.0. The summed E-state index contributed by atoms with van der Waals surface area (Å²) < 4.78 is 0. The number of hydrazine groups is 1. The third-order valence-electron chi connectivity index (χ3n) is 5.45. The monoisotopic (exact) mass is 403 g/mol. The molecule has 0 amide bonds. The van der Waals surface area contributed by atoms with E-state index in [0.717, 1.165) is 58.5 Å². The summed E-state index contributed by atoms with van der Waals surface area (Å²) in [5, 5.41) is 11.0. The normalized spacial score (nSPS) is 15.9. The van der Waals surface area contributed by atoms with Gasteiger partial charge in [-0.25, -0.2) is 5.01 Å². The third-order valence-corrected chi connectivity index (χ3v) is 5.45. The van der Waals surface area contributed by atoms with E-state index in [1.54, 1.807) is 6.20 Å². The minimum atomic E-state index is 0.207. The predicted octanol–water partition coefficient (Wildman–Crippen LogP) is 3.11. The average Bonchev–Trinajstić information content (AvgIpc) is 2.94. The van der Waals surface area contributed by atoms with Crippen molar-refractivity contribution in [3.05, 3.63) is 47.7 Å². The summed E-state index contributed by atoms with van der Waals surface area (Å²) in [6.45, 7) is 17.0. The van der Waals surface area contributed by atoms with Crippen LogP contribution < -0.4 is 10.6 Å². The van der Waals surface area contributed by atoms with Crippen molar-refractivity contribution in [3.8, 4) is 0 Å². The lowest BCUT2D eigenvalue weighted by Crippen LogP contribution is -2.46. The van der Waals surface area contributed by atoms with Gasteiger partial charge >= 0.3 is 0 Å². The van der Waals surface area contributed by atoms with E-state index in [1.807, 2.05) is 7.05 Å². The maximum absolute atomic E-state index is 6.16. The van der Waals surface area contributed by atoms with Crippen LogP contribution in [0.4, 0.5) is 0 Å². The van der Waals surface area contributed by atoms with Crippen molar-refractivity contribution in [2.24, 2.45) is 0 Å². The number of nitrogens with zero attached hydrogens (tertiary/aromatic N) is 3. The van der Waals surface area contributed by atoms with Gasteiger partial charge in [0.2, 0.25) is 0 Å². The van der Waals surface area contributed by atoms with E-state index in [2.05, 4.69) is 71.3 Å². The summed E-state index contributed by atoms with van der Waals surface area (Å²) in [4.78, 5) is 8.60. The first kappa shape index (κ1) is 23.8. The van der Waals surface area contributed by atoms with Gasteiger partial charge in [0.25, 0.3) is 0 Å². The molecule has 1 aromatic rings. The van der Waals surface area contributed by atoms with Crippen molar-refractivity contribution >= 4 is 0 Å². The Balaban J connectivity index is 2.02. The smallest absolute Gasteiger partial charge is 0.0955 e. The first-order chi connectivity index (χ1) is 14.1. The second-order valence-electron chi connectivity index (χ2n) is 7.70. The van der Waals surface area contributed by atoms with E-state index in [4.69, 9.17) is 4.84 Å². The van der Waals surface area contributed by atoms with Gasteiger partial charge in [0.1, 0.15) is 0 Å². The SMILES string of the molecule is C=CNC(CN(CC)Cc1ccc2c(c1)CCN(N(CCC)CCC)OC2)NC. The molecule has 2 rings (SSSR count). The summed E-state index contributed by atoms with van der Waals surface area (Å²) in [5.74, 6) is 0. The van der Waals surface area contributed by atoms with Crippen molar-refractivity contribution in [1.29, 1.82) is 0 Å². The quantitative estimate of drug-likeness (QED) is 0.494. The molecule has 6 heteroatoms. The highest BCUT2D eigenvalue weighted by atomic mass is 16.7. The van der Waals surface area contributed by atoms with Gasteiger partial charge in [0, 0.05) is 32.7 Å². The highest BCUT2D eigenvalue weighted by Gasteiger charge is 2.20. The van der Waals surface area contributed by atoms with E-state index in [1.165, 1.54) is 16.7 Å². The molecule has 2 N–H and O–H groups in total. The van der Waals surface area contributed by atoms with Crippen LogP contribution in [0.5, 0.6) is 0 Å². The topological polar surface area (TPSA) is 43.0 Å². The van der Waals surface area contributed by atoms with E-state index < -0.39 is 0 Å². The van der Waals surface area contributed by atoms with E-state index in [0.29, 0.717) is 6.61 Å². The van der Waals surface area contributed by atoms with Crippen molar-refractivity contribution in [3.63, 3.8) is 0 Å². The fourth-order valence-corrected chi connectivity index (χ4v) is 3.84. The first-order valence-electron chi connectivity index (χ1n) is 11.2. The highest BCUT2D eigenvalue weighted by Crippen LogP contribution is 2.21. The van der Waals surface area contributed by atoms with Crippen molar-refractivity contribution in [2.75, 3.05) is 39.8 Å². The fraction of sp³-hybridized carbons (Fsp3) is 0.652. The van der Waals surface area contributed by atoms with Crippen molar-refractivity contribution < 1.29 is 4.84 Å². The zero-order valence-electron chi connectivity index (χ0n) is 18.9. The molecule has 0 radical (unpaired) electrons. The maximum atomic E-state index is 6.16. The summed E-state index contributed by atoms with van der Waals surface area (Å²) in [6, 6.07) is 6.89. The molecule has 1 atom stereocenters. The van der Waals surface area contributed by atoms with Gasteiger partial charge in [0.05, 0.1) is 12.8 Å². The molecule has 0 saturated heterocycles. The molecule has 0 fully saturated rings. The maximum Gasteiger partial charge on any atom is 0.0955 e. The molecule has 1 aliphatic heterocycles. The molecule has 29 heavy (non-hydrogen) atoms. The Hall–Kier alpha value is -1.44. The standard InChI is InChI=1S/C23H41N5O/c1-6-13-27(14-7-2)28-15-12-21-16-20(10-11-22(21)19-29-28)17-26(9-4)18-23(24-5)25-8-3/h8,10-11,16,23-25H,3,6-7,9,12-15,17-19H2,1-2,4-5H3. The van der Waals surface area contributed by atoms with Crippen LogP contribution in [0, 0.1) is 0 Å². The molecule has 1 aliphatic rings. The number of rotatable bonds is 13. The Morgan fingerprint density at radius 3 is 2.59 bits per heavy atom. The lowest BCUT2D eigenvalue weighted by Gasteiger charge is -2.32. The van der Waals surface area contributed by atoms with Crippen LogP contribution in [0.25, 0.3) is 0 Å². The fourth-order valence-electron chi connectivity index (χ4n) is 3.84. The van der Waals surface area contributed by atoms with E-state index >= 15 is 0 Å². The molecule has 164 valence electrons. The molecular formula is C23H41N5O. The Kier molecular flexibility index (Phi) is 10.7. The number of nitrogens with one attached hydrogen (secondary N) is 2. The van der Waals surface area contributed by atoms with Crippen molar-refractivity contribution in [1.82, 2.24) is 25.7 Å². The van der Waals surface area contributed by atoms with Crippen LogP contribution in [0.3, 0.4) is 0 Å². The van der Waals surface area contributed by atoms with Crippen LogP contribution in [-0.4, -0.2) is 61.0 Å². The van der Waals surface area contributed by atoms with Crippen LogP contribution in [-0.2, 0) is 24.4 Å². The highest BCUT2D eigenvalue weighted by molar-refractivity contribution is 5.32. The molecule has 1 unspecified atom stereocenters. The predicted molar refractivity (Wildman–Crippen MR) is 121 cm³/mol. The lowest BCUT2D eigenvalue weighted by molar-refractivity contribution is -0.289. The minimum absolute atomic E-state index is 0.207. The number of hydrogen-bond acceptors (Lipinski definition) is 6. The average molecular weight is 404 g/mol. The van der Waals surface area contributed by atoms with Crippen LogP contribution in [0.2, 0.25) is 0 Å². The zero-order valence-corrected chi connectivity index (χ0v) is 18.9. The molecule has 0 aromatic heterocycles. The summed E-state index contributed by atoms with van der Waals surface area (Å²) in [6.07, 6.45) is 5.26.